The lowest BCUT2D eigenvalue weighted by Crippen LogP contribution is -2.28. The van der Waals surface area contributed by atoms with Crippen molar-refractivity contribution in [1.82, 2.24) is 4.57 Å². The average molecular weight is 283 g/mol. The van der Waals surface area contributed by atoms with Crippen molar-refractivity contribution >= 4 is 11.6 Å². The molecule has 2 aromatic rings. The van der Waals surface area contributed by atoms with Crippen LogP contribution in [0.15, 0.2) is 36.5 Å². The molecule has 2 rings (SSSR count). The van der Waals surface area contributed by atoms with E-state index in [0.717, 1.165) is 0 Å². The van der Waals surface area contributed by atoms with Crippen LogP contribution in [0.1, 0.15) is 23.0 Å². The molecule has 1 aromatic carbocycles. The fraction of sp³-hybridized carbons (Fsp3) is 0.250. The molecular formula is C16H17N3O2. The second-order valence-electron chi connectivity index (χ2n) is 4.60. The first-order valence-electron chi connectivity index (χ1n) is 6.64. The maximum absolute atomic E-state index is 12.6. The molecule has 5 nitrogen and oxygen atoms in total. The fourth-order valence-electron chi connectivity index (χ4n) is 2.13. The lowest BCUT2D eigenvalue weighted by Gasteiger charge is -2.20. The molecule has 0 unspecified atom stereocenters. The van der Waals surface area contributed by atoms with Crippen LogP contribution in [0.25, 0.3) is 0 Å². The highest BCUT2D eigenvalue weighted by Gasteiger charge is 2.20. The van der Waals surface area contributed by atoms with Crippen molar-refractivity contribution in [3.8, 4) is 11.8 Å². The Morgan fingerprint density at radius 2 is 2.14 bits per heavy atom. The highest BCUT2D eigenvalue weighted by molar-refractivity contribution is 6.05. The molecule has 0 fully saturated rings. The summed E-state index contributed by atoms with van der Waals surface area (Å²) in [6, 6.07) is 11.0. The Bertz CT molecular complexity index is 698. The second-order valence-corrected chi connectivity index (χ2v) is 4.60. The Morgan fingerprint density at radius 3 is 2.76 bits per heavy atom. The number of para-hydroxylation sites is 2. The van der Waals surface area contributed by atoms with Gasteiger partial charge >= 0.3 is 0 Å². The number of carbonyl (C=O) groups excluding carboxylic acids is 1. The molecular weight excluding hydrogens is 266 g/mol. The van der Waals surface area contributed by atoms with Gasteiger partial charge in [0.05, 0.1) is 17.9 Å². The zero-order valence-electron chi connectivity index (χ0n) is 12.3. The third-order valence-electron chi connectivity index (χ3n) is 3.18. The number of ether oxygens (including phenoxy) is 1. The molecule has 0 saturated heterocycles. The number of aryl methyl sites for hydroxylation is 1. The van der Waals surface area contributed by atoms with Crippen LogP contribution in [-0.2, 0) is 7.05 Å². The number of benzene rings is 1. The molecule has 0 aliphatic rings. The first kappa shape index (κ1) is 14.7. The van der Waals surface area contributed by atoms with E-state index in [1.165, 1.54) is 4.90 Å². The van der Waals surface area contributed by atoms with Gasteiger partial charge in [0.2, 0.25) is 0 Å². The monoisotopic (exact) mass is 283 g/mol. The summed E-state index contributed by atoms with van der Waals surface area (Å²) in [7, 11) is 3.44. The van der Waals surface area contributed by atoms with Crippen LogP contribution in [-0.4, -0.2) is 24.1 Å². The predicted molar refractivity (Wildman–Crippen MR) is 80.5 cm³/mol. The van der Waals surface area contributed by atoms with Gasteiger partial charge in [-0.1, -0.05) is 12.1 Å². The van der Waals surface area contributed by atoms with Crippen molar-refractivity contribution in [2.24, 2.45) is 7.05 Å². The molecule has 0 spiro atoms. The third kappa shape index (κ3) is 2.90. The number of anilines is 1. The van der Waals surface area contributed by atoms with Gasteiger partial charge in [-0.2, -0.15) is 5.26 Å². The van der Waals surface area contributed by atoms with Crippen molar-refractivity contribution in [3.05, 3.63) is 47.8 Å². The highest BCUT2D eigenvalue weighted by atomic mass is 16.5. The smallest absolute Gasteiger partial charge is 0.274 e. The fourth-order valence-corrected chi connectivity index (χ4v) is 2.13. The number of aromatic nitrogens is 1. The number of amides is 1. The Morgan fingerprint density at radius 1 is 1.43 bits per heavy atom. The van der Waals surface area contributed by atoms with Crippen molar-refractivity contribution < 1.29 is 9.53 Å². The Labute approximate surface area is 124 Å². The number of hydrogen-bond acceptors (Lipinski definition) is 3. The average Bonchev–Trinajstić information content (AvgIpc) is 2.88. The lowest BCUT2D eigenvalue weighted by molar-refractivity contribution is 0.0984. The standard InChI is InChI=1S/C16H17N3O2/c1-4-21-15-8-6-5-7-13(15)19(3)16(20)14-9-12(10-17)11-18(14)2/h5-9,11H,4H2,1-3H3. The quantitative estimate of drug-likeness (QED) is 0.866. The molecule has 1 amide bonds. The van der Waals surface area contributed by atoms with Crippen LogP contribution >= 0.6 is 0 Å². The molecule has 21 heavy (non-hydrogen) atoms. The van der Waals surface area contributed by atoms with Crippen LogP contribution < -0.4 is 9.64 Å². The maximum atomic E-state index is 12.6. The van der Waals surface area contributed by atoms with Gasteiger partial charge in [-0.25, -0.2) is 0 Å². The second kappa shape index (κ2) is 6.14. The van der Waals surface area contributed by atoms with Crippen LogP contribution in [0, 0.1) is 11.3 Å². The number of hydrogen-bond donors (Lipinski definition) is 0. The van der Waals surface area contributed by atoms with E-state index in [9.17, 15) is 4.79 Å². The van der Waals surface area contributed by atoms with E-state index in [1.807, 2.05) is 37.3 Å². The van der Waals surface area contributed by atoms with Gasteiger partial charge in [0.25, 0.3) is 5.91 Å². The molecule has 0 aliphatic heterocycles. The van der Waals surface area contributed by atoms with Gasteiger partial charge in [-0.15, -0.1) is 0 Å². The van der Waals surface area contributed by atoms with Crippen molar-refractivity contribution in [1.29, 1.82) is 5.26 Å². The molecule has 0 saturated carbocycles. The van der Waals surface area contributed by atoms with Gasteiger partial charge in [-0.3, -0.25) is 4.79 Å². The van der Waals surface area contributed by atoms with Crippen molar-refractivity contribution in [2.45, 2.75) is 6.92 Å². The maximum Gasteiger partial charge on any atom is 0.274 e. The largest absolute Gasteiger partial charge is 0.492 e. The molecule has 0 radical (unpaired) electrons. The molecule has 0 N–H and O–H groups in total. The van der Waals surface area contributed by atoms with E-state index >= 15 is 0 Å². The van der Waals surface area contributed by atoms with E-state index < -0.39 is 0 Å². The summed E-state index contributed by atoms with van der Waals surface area (Å²) in [6.45, 7) is 2.43. The summed E-state index contributed by atoms with van der Waals surface area (Å²) in [6.07, 6.45) is 1.63. The molecule has 0 atom stereocenters. The minimum atomic E-state index is -0.189. The van der Waals surface area contributed by atoms with E-state index in [-0.39, 0.29) is 5.91 Å². The van der Waals surface area contributed by atoms with Crippen LogP contribution in [0.4, 0.5) is 5.69 Å². The molecule has 5 heteroatoms. The Kier molecular flexibility index (Phi) is 4.29. The predicted octanol–water partition coefficient (Wildman–Crippen LogP) is 2.57. The SMILES string of the molecule is CCOc1ccccc1N(C)C(=O)c1cc(C#N)cn1C. The van der Waals surface area contributed by atoms with E-state index in [1.54, 1.807) is 30.9 Å². The minimum absolute atomic E-state index is 0.189. The Hall–Kier alpha value is -2.74. The zero-order valence-corrected chi connectivity index (χ0v) is 12.3. The number of nitrogens with zero attached hydrogens (tertiary/aromatic N) is 3. The number of nitriles is 1. The zero-order chi connectivity index (χ0) is 15.4. The van der Waals surface area contributed by atoms with Crippen LogP contribution in [0.2, 0.25) is 0 Å². The lowest BCUT2D eigenvalue weighted by atomic mass is 10.2. The number of carbonyl (C=O) groups is 1. The van der Waals surface area contributed by atoms with Crippen molar-refractivity contribution in [2.75, 3.05) is 18.6 Å². The number of rotatable bonds is 4. The molecule has 0 bridgehead atoms. The van der Waals surface area contributed by atoms with Crippen molar-refractivity contribution in [3.63, 3.8) is 0 Å². The van der Waals surface area contributed by atoms with Gasteiger partial charge in [-0.05, 0) is 25.1 Å². The topological polar surface area (TPSA) is 58.3 Å². The molecule has 1 aromatic heterocycles. The normalized spacial score (nSPS) is 10.0. The van der Waals surface area contributed by atoms with E-state index in [2.05, 4.69) is 0 Å². The summed E-state index contributed by atoms with van der Waals surface area (Å²) in [4.78, 5) is 14.1. The van der Waals surface area contributed by atoms with Gasteiger partial charge in [0, 0.05) is 20.3 Å². The Balaban J connectivity index is 2.35. The molecule has 108 valence electrons. The van der Waals surface area contributed by atoms with E-state index in [4.69, 9.17) is 10.00 Å². The van der Waals surface area contributed by atoms with Gasteiger partial charge < -0.3 is 14.2 Å². The van der Waals surface area contributed by atoms with E-state index in [0.29, 0.717) is 29.3 Å². The van der Waals surface area contributed by atoms with Crippen LogP contribution in [0.5, 0.6) is 5.75 Å². The first-order chi connectivity index (χ1) is 10.1. The summed E-state index contributed by atoms with van der Waals surface area (Å²) in [5, 5.41) is 8.92. The highest BCUT2D eigenvalue weighted by Crippen LogP contribution is 2.28. The molecule has 0 aliphatic carbocycles. The molecule has 1 heterocycles. The van der Waals surface area contributed by atoms with Crippen LogP contribution in [0.3, 0.4) is 0 Å². The summed E-state index contributed by atoms with van der Waals surface area (Å²) in [5.41, 5.74) is 1.62. The minimum Gasteiger partial charge on any atom is -0.492 e. The third-order valence-corrected chi connectivity index (χ3v) is 3.18. The van der Waals surface area contributed by atoms with Gasteiger partial charge in [0.1, 0.15) is 17.5 Å². The summed E-state index contributed by atoms with van der Waals surface area (Å²) < 4.78 is 7.20. The van der Waals surface area contributed by atoms with Gasteiger partial charge in [0.15, 0.2) is 0 Å². The first-order valence-corrected chi connectivity index (χ1v) is 6.64. The summed E-state index contributed by atoms with van der Waals surface area (Å²) >= 11 is 0. The summed E-state index contributed by atoms with van der Waals surface area (Å²) in [5.74, 6) is 0.469.